The molecular weight excluding hydrogens is 230 g/mol. The van der Waals surface area contributed by atoms with E-state index < -0.39 is 0 Å². The Morgan fingerprint density at radius 3 is 2.47 bits per heavy atom. The molecule has 0 spiro atoms. The van der Waals surface area contributed by atoms with Gasteiger partial charge in [-0.05, 0) is 55.9 Å². The summed E-state index contributed by atoms with van der Waals surface area (Å²) in [6.07, 6.45) is 2.34. The summed E-state index contributed by atoms with van der Waals surface area (Å²) < 4.78 is 0. The van der Waals surface area contributed by atoms with Crippen LogP contribution >= 0.6 is 11.6 Å². The third-order valence-electron chi connectivity index (χ3n) is 3.62. The summed E-state index contributed by atoms with van der Waals surface area (Å²) in [6, 6.07) is 5.03. The number of fused-ring (bicyclic) bond motifs is 1. The van der Waals surface area contributed by atoms with Crippen LogP contribution in [0.25, 0.3) is 0 Å². The van der Waals surface area contributed by atoms with E-state index in [1.54, 1.807) is 0 Å². The van der Waals surface area contributed by atoms with Crippen LogP contribution in [0.3, 0.4) is 0 Å². The molecule has 1 aliphatic rings. The zero-order valence-electron chi connectivity index (χ0n) is 11.3. The Hall–Kier alpha value is -0.690. The van der Waals surface area contributed by atoms with Gasteiger partial charge in [-0.25, -0.2) is 0 Å². The van der Waals surface area contributed by atoms with Gasteiger partial charge in [-0.15, -0.1) is 0 Å². The highest BCUT2D eigenvalue weighted by atomic mass is 35.5. The monoisotopic (exact) mass is 251 g/mol. The Morgan fingerprint density at radius 1 is 1.18 bits per heavy atom. The first-order chi connectivity index (χ1) is 8.00. The summed E-state index contributed by atoms with van der Waals surface area (Å²) in [7, 11) is 0. The summed E-state index contributed by atoms with van der Waals surface area (Å²) in [4.78, 5) is 2.48. The predicted molar refractivity (Wildman–Crippen MR) is 76.3 cm³/mol. The maximum absolute atomic E-state index is 6.43. The van der Waals surface area contributed by atoms with Crippen molar-refractivity contribution in [3.8, 4) is 0 Å². The zero-order valence-corrected chi connectivity index (χ0v) is 12.0. The average molecular weight is 252 g/mol. The van der Waals surface area contributed by atoms with Crippen LogP contribution in [0, 0.1) is 0 Å². The molecule has 1 heterocycles. The number of rotatable bonds is 2. The molecule has 0 unspecified atom stereocenters. The number of nitrogens with zero attached hydrogens (tertiary/aromatic N) is 1. The van der Waals surface area contributed by atoms with E-state index in [-0.39, 0.29) is 0 Å². The van der Waals surface area contributed by atoms with Crippen molar-refractivity contribution < 1.29 is 0 Å². The second kappa shape index (κ2) is 4.89. The third kappa shape index (κ3) is 2.44. The van der Waals surface area contributed by atoms with Crippen LogP contribution in [0.5, 0.6) is 0 Å². The largest absolute Gasteiger partial charge is 0.369 e. The third-order valence-corrected chi connectivity index (χ3v) is 3.96. The van der Waals surface area contributed by atoms with Gasteiger partial charge in [0.2, 0.25) is 0 Å². The minimum Gasteiger partial charge on any atom is -0.369 e. The second-order valence-corrected chi connectivity index (χ2v) is 5.95. The molecule has 1 aliphatic heterocycles. The minimum atomic E-state index is 0.536. The highest BCUT2D eigenvalue weighted by Crippen LogP contribution is 2.36. The Balaban J connectivity index is 2.51. The maximum atomic E-state index is 6.43. The van der Waals surface area contributed by atoms with E-state index in [0.717, 1.165) is 18.0 Å². The lowest BCUT2D eigenvalue weighted by Crippen LogP contribution is -2.35. The molecule has 0 N–H and O–H groups in total. The molecule has 2 rings (SSSR count). The number of anilines is 1. The van der Waals surface area contributed by atoms with Crippen molar-refractivity contribution in [1.29, 1.82) is 0 Å². The van der Waals surface area contributed by atoms with Gasteiger partial charge in [0, 0.05) is 23.3 Å². The van der Waals surface area contributed by atoms with E-state index in [0.29, 0.717) is 12.0 Å². The molecule has 0 bridgehead atoms. The van der Waals surface area contributed by atoms with E-state index in [2.05, 4.69) is 44.7 Å². The van der Waals surface area contributed by atoms with E-state index in [4.69, 9.17) is 11.6 Å². The van der Waals surface area contributed by atoms with Gasteiger partial charge in [-0.1, -0.05) is 25.4 Å². The Bertz CT molecular complexity index is 410. The SMILES string of the molecule is CC(C)c1cc(Cl)c2c(c1)N(C(C)C)CCC2. The number of hydrogen-bond donors (Lipinski definition) is 0. The van der Waals surface area contributed by atoms with Crippen molar-refractivity contribution in [2.45, 2.75) is 52.5 Å². The highest BCUT2D eigenvalue weighted by molar-refractivity contribution is 6.31. The minimum absolute atomic E-state index is 0.536. The van der Waals surface area contributed by atoms with Crippen molar-refractivity contribution >= 4 is 17.3 Å². The topological polar surface area (TPSA) is 3.24 Å². The first kappa shape index (κ1) is 12.8. The molecule has 17 heavy (non-hydrogen) atoms. The van der Waals surface area contributed by atoms with Crippen LogP contribution in [-0.2, 0) is 6.42 Å². The normalized spacial score (nSPS) is 15.6. The van der Waals surface area contributed by atoms with Gasteiger partial charge < -0.3 is 4.90 Å². The molecule has 0 aliphatic carbocycles. The van der Waals surface area contributed by atoms with Crippen molar-refractivity contribution in [3.05, 3.63) is 28.3 Å². The second-order valence-electron chi connectivity index (χ2n) is 5.55. The lowest BCUT2D eigenvalue weighted by atomic mass is 9.94. The molecule has 0 amide bonds. The summed E-state index contributed by atoms with van der Waals surface area (Å²) >= 11 is 6.43. The van der Waals surface area contributed by atoms with Crippen LogP contribution in [-0.4, -0.2) is 12.6 Å². The number of hydrogen-bond acceptors (Lipinski definition) is 1. The Labute approximate surface area is 110 Å². The van der Waals surface area contributed by atoms with Crippen LogP contribution in [0.2, 0.25) is 5.02 Å². The van der Waals surface area contributed by atoms with Gasteiger partial charge in [-0.3, -0.25) is 0 Å². The first-order valence-corrected chi connectivity index (χ1v) is 6.97. The van der Waals surface area contributed by atoms with Crippen molar-refractivity contribution in [2.24, 2.45) is 0 Å². The van der Waals surface area contributed by atoms with Gasteiger partial charge in [0.1, 0.15) is 0 Å². The zero-order chi connectivity index (χ0) is 12.6. The van der Waals surface area contributed by atoms with E-state index in [9.17, 15) is 0 Å². The van der Waals surface area contributed by atoms with Gasteiger partial charge in [0.05, 0.1) is 0 Å². The van der Waals surface area contributed by atoms with Gasteiger partial charge in [-0.2, -0.15) is 0 Å². The standard InChI is InChI=1S/C15H22ClN/c1-10(2)12-8-14(16)13-6-5-7-17(11(3)4)15(13)9-12/h8-11H,5-7H2,1-4H3. The summed E-state index contributed by atoms with van der Waals surface area (Å²) in [5.74, 6) is 0.536. The van der Waals surface area contributed by atoms with Crippen molar-refractivity contribution in [2.75, 3.05) is 11.4 Å². The average Bonchev–Trinajstić information content (AvgIpc) is 2.27. The molecule has 0 saturated carbocycles. The quantitative estimate of drug-likeness (QED) is 0.741. The van der Waals surface area contributed by atoms with E-state index in [1.165, 1.54) is 23.2 Å². The molecule has 0 radical (unpaired) electrons. The van der Waals surface area contributed by atoms with Crippen LogP contribution in [0.1, 0.15) is 51.2 Å². The van der Waals surface area contributed by atoms with Crippen molar-refractivity contribution in [1.82, 2.24) is 0 Å². The van der Waals surface area contributed by atoms with E-state index >= 15 is 0 Å². The Morgan fingerprint density at radius 2 is 1.88 bits per heavy atom. The smallest absolute Gasteiger partial charge is 0.0461 e. The number of halogens is 1. The molecule has 2 heteroatoms. The molecule has 0 saturated heterocycles. The molecule has 0 aromatic heterocycles. The molecule has 1 nitrogen and oxygen atoms in total. The maximum Gasteiger partial charge on any atom is 0.0461 e. The van der Waals surface area contributed by atoms with Crippen molar-refractivity contribution in [3.63, 3.8) is 0 Å². The summed E-state index contributed by atoms with van der Waals surface area (Å²) in [6.45, 7) is 10.1. The fourth-order valence-corrected chi connectivity index (χ4v) is 2.88. The fraction of sp³-hybridized carbons (Fsp3) is 0.600. The Kier molecular flexibility index (Phi) is 3.67. The molecule has 94 valence electrons. The molecular formula is C15H22ClN. The lowest BCUT2D eigenvalue weighted by Gasteiger charge is -2.35. The van der Waals surface area contributed by atoms with Crippen LogP contribution in [0.4, 0.5) is 5.69 Å². The summed E-state index contributed by atoms with van der Waals surface area (Å²) in [5, 5.41) is 0.955. The molecule has 1 aromatic carbocycles. The van der Waals surface area contributed by atoms with Crippen LogP contribution in [0.15, 0.2) is 12.1 Å². The van der Waals surface area contributed by atoms with Gasteiger partial charge in [0.15, 0.2) is 0 Å². The first-order valence-electron chi connectivity index (χ1n) is 6.59. The lowest BCUT2D eigenvalue weighted by molar-refractivity contribution is 0.624. The van der Waals surface area contributed by atoms with E-state index in [1.807, 2.05) is 0 Å². The molecule has 0 fully saturated rings. The highest BCUT2D eigenvalue weighted by Gasteiger charge is 2.22. The fourth-order valence-electron chi connectivity index (χ4n) is 2.56. The molecule has 0 atom stereocenters. The predicted octanol–water partition coefficient (Wildman–Crippen LogP) is 4.62. The molecule has 1 aromatic rings. The van der Waals surface area contributed by atoms with Gasteiger partial charge >= 0.3 is 0 Å². The summed E-state index contributed by atoms with van der Waals surface area (Å²) in [5.41, 5.74) is 4.06. The van der Waals surface area contributed by atoms with Crippen LogP contribution < -0.4 is 4.90 Å². The number of benzene rings is 1. The van der Waals surface area contributed by atoms with Gasteiger partial charge in [0.25, 0.3) is 0 Å².